The first kappa shape index (κ1) is 21.4. The molecule has 3 aromatic carbocycles. The zero-order valence-corrected chi connectivity index (χ0v) is 18.5. The fourth-order valence-electron chi connectivity index (χ4n) is 3.50. The van der Waals surface area contributed by atoms with Crippen LogP contribution in [0.15, 0.2) is 77.2 Å². The summed E-state index contributed by atoms with van der Waals surface area (Å²) in [5.74, 6) is -0.365. The van der Waals surface area contributed by atoms with Crippen molar-refractivity contribution < 1.29 is 14.1 Å². The Labute approximate surface area is 197 Å². The summed E-state index contributed by atoms with van der Waals surface area (Å²) in [5.41, 5.74) is 3.15. The second-order valence-corrected chi connectivity index (χ2v) is 7.95. The van der Waals surface area contributed by atoms with E-state index in [9.17, 15) is 14.9 Å². The van der Waals surface area contributed by atoms with E-state index in [1.807, 2.05) is 30.3 Å². The number of nitrogens with zero attached hydrogens (tertiary/aromatic N) is 4. The number of carbonyl (C=O) groups excluding carboxylic acids is 1. The molecule has 0 saturated heterocycles. The SMILES string of the molecule is Cc1ccc(-c2ccc(C(=O)Nc3cc4nn(-c5ccccc5)nc4cc3Cl)o2)c([N+](=O)[O-])c1. The Morgan fingerprint density at radius 2 is 1.76 bits per heavy atom. The number of rotatable bonds is 5. The van der Waals surface area contributed by atoms with Crippen molar-refractivity contribution >= 4 is 39.9 Å². The number of halogens is 1. The van der Waals surface area contributed by atoms with Gasteiger partial charge in [0.2, 0.25) is 0 Å². The van der Waals surface area contributed by atoms with Crippen LogP contribution in [0.2, 0.25) is 5.02 Å². The maximum absolute atomic E-state index is 12.8. The van der Waals surface area contributed by atoms with Crippen LogP contribution in [0.3, 0.4) is 0 Å². The van der Waals surface area contributed by atoms with Crippen molar-refractivity contribution in [1.82, 2.24) is 15.0 Å². The van der Waals surface area contributed by atoms with E-state index >= 15 is 0 Å². The number of aryl methyl sites for hydroxylation is 1. The van der Waals surface area contributed by atoms with Crippen molar-refractivity contribution in [1.29, 1.82) is 0 Å². The van der Waals surface area contributed by atoms with Crippen LogP contribution in [0.5, 0.6) is 0 Å². The third-order valence-electron chi connectivity index (χ3n) is 5.15. The van der Waals surface area contributed by atoms with Gasteiger partial charge in [-0.15, -0.1) is 10.2 Å². The normalized spacial score (nSPS) is 11.0. The zero-order valence-electron chi connectivity index (χ0n) is 17.7. The maximum atomic E-state index is 12.8. The summed E-state index contributed by atoms with van der Waals surface area (Å²) in [5, 5.41) is 23.3. The van der Waals surface area contributed by atoms with Gasteiger partial charge in [0.15, 0.2) is 5.76 Å². The average molecular weight is 474 g/mol. The minimum absolute atomic E-state index is 0.0195. The van der Waals surface area contributed by atoms with Crippen molar-refractivity contribution in [2.24, 2.45) is 0 Å². The Bertz CT molecular complexity index is 1560. The summed E-state index contributed by atoms with van der Waals surface area (Å²) in [6.07, 6.45) is 0. The molecule has 0 aliphatic carbocycles. The van der Waals surface area contributed by atoms with E-state index < -0.39 is 10.8 Å². The van der Waals surface area contributed by atoms with Crippen molar-refractivity contribution in [3.63, 3.8) is 0 Å². The van der Waals surface area contributed by atoms with Crippen LogP contribution in [0, 0.1) is 17.0 Å². The second-order valence-electron chi connectivity index (χ2n) is 7.54. The number of aromatic nitrogens is 3. The van der Waals surface area contributed by atoms with E-state index in [1.165, 1.54) is 23.0 Å². The number of carbonyl (C=O) groups is 1. The average Bonchev–Trinajstić information content (AvgIpc) is 3.47. The summed E-state index contributed by atoms with van der Waals surface area (Å²) >= 11 is 6.36. The number of furan rings is 1. The lowest BCUT2D eigenvalue weighted by Gasteiger charge is -2.05. The Morgan fingerprint density at radius 1 is 1.03 bits per heavy atom. The van der Waals surface area contributed by atoms with Gasteiger partial charge in [0.05, 0.1) is 26.9 Å². The van der Waals surface area contributed by atoms with E-state index in [-0.39, 0.29) is 27.8 Å². The van der Waals surface area contributed by atoms with Gasteiger partial charge in [0, 0.05) is 6.07 Å². The van der Waals surface area contributed by atoms with E-state index in [2.05, 4.69) is 15.5 Å². The first-order valence-corrected chi connectivity index (χ1v) is 10.6. The van der Waals surface area contributed by atoms with E-state index in [0.717, 1.165) is 11.3 Å². The Morgan fingerprint density at radius 3 is 2.50 bits per heavy atom. The number of nitrogens with one attached hydrogen (secondary N) is 1. The minimum Gasteiger partial charge on any atom is -0.451 e. The molecule has 2 aromatic heterocycles. The van der Waals surface area contributed by atoms with Crippen LogP contribution in [0.4, 0.5) is 11.4 Å². The maximum Gasteiger partial charge on any atom is 0.291 e. The molecule has 0 atom stereocenters. The molecule has 9 nitrogen and oxygen atoms in total. The zero-order chi connectivity index (χ0) is 23.8. The quantitative estimate of drug-likeness (QED) is 0.254. The van der Waals surface area contributed by atoms with Crippen molar-refractivity contribution in [2.75, 3.05) is 5.32 Å². The fraction of sp³-hybridized carbons (Fsp3) is 0.0417. The molecule has 0 unspecified atom stereocenters. The van der Waals surface area contributed by atoms with Gasteiger partial charge in [0.1, 0.15) is 16.8 Å². The van der Waals surface area contributed by atoms with Gasteiger partial charge >= 0.3 is 0 Å². The van der Waals surface area contributed by atoms with Gasteiger partial charge in [-0.1, -0.05) is 35.9 Å². The van der Waals surface area contributed by atoms with Gasteiger partial charge in [-0.05, 0) is 55.0 Å². The highest BCUT2D eigenvalue weighted by molar-refractivity contribution is 6.34. The summed E-state index contributed by atoms with van der Waals surface area (Å²) in [4.78, 5) is 25.2. The number of anilines is 1. The van der Waals surface area contributed by atoms with Crippen LogP contribution in [-0.4, -0.2) is 25.8 Å². The van der Waals surface area contributed by atoms with E-state index in [4.69, 9.17) is 16.0 Å². The Hall–Kier alpha value is -4.50. The predicted molar refractivity (Wildman–Crippen MR) is 127 cm³/mol. The monoisotopic (exact) mass is 473 g/mol. The van der Waals surface area contributed by atoms with Gasteiger partial charge in [0.25, 0.3) is 11.6 Å². The van der Waals surface area contributed by atoms with Crippen LogP contribution < -0.4 is 5.32 Å². The van der Waals surface area contributed by atoms with Crippen LogP contribution >= 0.6 is 11.6 Å². The van der Waals surface area contributed by atoms with Gasteiger partial charge in [-0.25, -0.2) is 0 Å². The molecule has 0 spiro atoms. The molecule has 34 heavy (non-hydrogen) atoms. The number of nitro groups is 1. The van der Waals surface area contributed by atoms with E-state index in [0.29, 0.717) is 16.7 Å². The van der Waals surface area contributed by atoms with Crippen LogP contribution in [0.25, 0.3) is 28.0 Å². The number of hydrogen-bond donors (Lipinski definition) is 1. The lowest BCUT2D eigenvalue weighted by atomic mass is 10.1. The smallest absolute Gasteiger partial charge is 0.291 e. The molecule has 5 rings (SSSR count). The summed E-state index contributed by atoms with van der Waals surface area (Å²) in [6.45, 7) is 1.76. The lowest BCUT2D eigenvalue weighted by molar-refractivity contribution is -0.384. The molecular formula is C24H16ClN5O4. The first-order valence-electron chi connectivity index (χ1n) is 10.2. The van der Waals surface area contributed by atoms with Gasteiger partial charge in [-0.3, -0.25) is 14.9 Å². The first-order chi connectivity index (χ1) is 16.4. The van der Waals surface area contributed by atoms with Crippen molar-refractivity contribution in [3.05, 3.63) is 99.3 Å². The third kappa shape index (κ3) is 4.00. The summed E-state index contributed by atoms with van der Waals surface area (Å²) in [6, 6.07) is 20.4. The lowest BCUT2D eigenvalue weighted by Crippen LogP contribution is -2.11. The topological polar surface area (TPSA) is 116 Å². The Kier molecular flexibility index (Phi) is 5.31. The molecule has 168 valence electrons. The molecule has 1 amide bonds. The molecule has 10 heteroatoms. The molecule has 1 N–H and O–H groups in total. The minimum atomic E-state index is -0.558. The van der Waals surface area contributed by atoms with E-state index in [1.54, 1.807) is 31.2 Å². The molecule has 5 aromatic rings. The molecule has 0 radical (unpaired) electrons. The largest absolute Gasteiger partial charge is 0.451 e. The highest BCUT2D eigenvalue weighted by Crippen LogP contribution is 2.33. The Balaban J connectivity index is 1.42. The molecule has 0 saturated carbocycles. The highest BCUT2D eigenvalue weighted by atomic mass is 35.5. The van der Waals surface area contributed by atoms with Crippen LogP contribution in [0.1, 0.15) is 16.1 Å². The molecule has 0 bridgehead atoms. The number of fused-ring (bicyclic) bond motifs is 1. The summed E-state index contributed by atoms with van der Waals surface area (Å²) in [7, 11) is 0. The standard InChI is InChI=1S/C24H16ClN5O4/c1-14-7-8-16(21(11-14)30(32)33)22-9-10-23(34-22)24(31)26-18-13-20-19(12-17(18)25)27-29(28-20)15-5-3-2-4-6-15/h2-13H,1H3,(H,26,31). The molecule has 0 aliphatic heterocycles. The van der Waals surface area contributed by atoms with Crippen molar-refractivity contribution in [2.45, 2.75) is 6.92 Å². The number of benzene rings is 3. The molecule has 0 aliphatic rings. The molecular weight excluding hydrogens is 458 g/mol. The molecule has 0 fully saturated rings. The number of hydrogen-bond acceptors (Lipinski definition) is 6. The number of para-hydroxylation sites is 1. The third-order valence-corrected chi connectivity index (χ3v) is 5.46. The number of nitro benzene ring substituents is 1. The van der Waals surface area contributed by atoms with Crippen molar-refractivity contribution in [3.8, 4) is 17.0 Å². The van der Waals surface area contributed by atoms with Gasteiger partial charge < -0.3 is 9.73 Å². The summed E-state index contributed by atoms with van der Waals surface area (Å²) < 4.78 is 5.63. The molecule has 2 heterocycles. The fourth-order valence-corrected chi connectivity index (χ4v) is 3.71. The predicted octanol–water partition coefficient (Wildman–Crippen LogP) is 5.80. The van der Waals surface area contributed by atoms with Crippen LogP contribution in [-0.2, 0) is 0 Å². The number of amides is 1. The van der Waals surface area contributed by atoms with Gasteiger partial charge in [-0.2, -0.15) is 4.80 Å². The highest BCUT2D eigenvalue weighted by Gasteiger charge is 2.21. The second kappa shape index (κ2) is 8.45.